The van der Waals surface area contributed by atoms with E-state index in [-0.39, 0.29) is 17.9 Å². The molecule has 4 aromatic heterocycles. The number of hydrogen-bond donors (Lipinski definition) is 2. The maximum absolute atomic E-state index is 13.9. The molecule has 1 saturated carbocycles. The lowest BCUT2D eigenvalue weighted by Gasteiger charge is -2.33. The number of nitrogens with zero attached hydrogens (tertiary/aromatic N) is 6. The van der Waals surface area contributed by atoms with Crippen LogP contribution in [0.2, 0.25) is 0 Å². The summed E-state index contributed by atoms with van der Waals surface area (Å²) in [5.74, 6) is 0.931. The monoisotopic (exact) mass is 470 g/mol. The van der Waals surface area contributed by atoms with Crippen molar-refractivity contribution in [2.75, 3.05) is 5.73 Å². The summed E-state index contributed by atoms with van der Waals surface area (Å²) in [5.41, 5.74) is 6.90. The predicted molar refractivity (Wildman–Crippen MR) is 130 cm³/mol. The van der Waals surface area contributed by atoms with Crippen LogP contribution in [0.5, 0.6) is 0 Å². The van der Waals surface area contributed by atoms with E-state index in [2.05, 4.69) is 25.5 Å². The van der Waals surface area contributed by atoms with Gasteiger partial charge in [0.15, 0.2) is 22.6 Å². The fraction of sp³-hybridized carbons (Fsp3) is 0.320. The van der Waals surface area contributed by atoms with Crippen LogP contribution in [0, 0.1) is 0 Å². The second kappa shape index (κ2) is 8.23. The third kappa shape index (κ3) is 3.44. The Morgan fingerprint density at radius 2 is 1.89 bits per heavy atom. The van der Waals surface area contributed by atoms with Crippen molar-refractivity contribution in [3.63, 3.8) is 0 Å². The number of amides is 1. The summed E-state index contributed by atoms with van der Waals surface area (Å²) in [6.45, 7) is 1.87. The third-order valence-corrected chi connectivity index (χ3v) is 6.91. The van der Waals surface area contributed by atoms with Crippen LogP contribution in [-0.4, -0.2) is 41.3 Å². The van der Waals surface area contributed by atoms with Gasteiger partial charge in [0, 0.05) is 6.04 Å². The molecule has 3 N–H and O–H groups in total. The number of rotatable bonds is 5. The molecule has 10 heteroatoms. The standard InChI is InChI=1S/C25H26N8O2/c1-25(16-9-4-2-5-10-16,23(34)28-17-11-6-3-7-12-17)33-22-18(15-27-33)21-29-20(19-13-8-14-35-19)31-32(21)24(26)30-22/h2,4-5,8-10,13-15,17H,3,6-7,11-12H2,1H3,(H2,26,30)(H,28,34)/t25-/m1/s1. The molecule has 1 fully saturated rings. The van der Waals surface area contributed by atoms with Gasteiger partial charge in [0.1, 0.15) is 0 Å². The average Bonchev–Trinajstić information content (AvgIpc) is 3.64. The first-order valence-corrected chi connectivity index (χ1v) is 11.9. The zero-order valence-electron chi connectivity index (χ0n) is 19.4. The lowest BCUT2D eigenvalue weighted by Crippen LogP contribution is -2.51. The lowest BCUT2D eigenvalue weighted by molar-refractivity contribution is -0.128. The maximum Gasteiger partial charge on any atom is 0.252 e. The summed E-state index contributed by atoms with van der Waals surface area (Å²) in [6, 6.07) is 13.3. The van der Waals surface area contributed by atoms with E-state index < -0.39 is 5.54 Å². The SMILES string of the molecule is C[C@](C(=O)NC1CCCCC1)(c1ccccc1)n1ncc2c1nc(N)n1nc(-c3ccco3)nc21. The Kier molecular flexibility index (Phi) is 5.01. The molecule has 1 atom stereocenters. The van der Waals surface area contributed by atoms with Gasteiger partial charge in [-0.2, -0.15) is 14.6 Å². The number of nitrogens with one attached hydrogen (secondary N) is 1. The van der Waals surface area contributed by atoms with Gasteiger partial charge in [-0.3, -0.25) is 4.79 Å². The molecule has 0 spiro atoms. The highest BCUT2D eigenvalue weighted by Gasteiger charge is 2.41. The van der Waals surface area contributed by atoms with Crippen LogP contribution in [-0.2, 0) is 10.3 Å². The van der Waals surface area contributed by atoms with E-state index in [9.17, 15) is 4.79 Å². The van der Waals surface area contributed by atoms with Gasteiger partial charge in [-0.15, -0.1) is 5.10 Å². The van der Waals surface area contributed by atoms with Gasteiger partial charge >= 0.3 is 0 Å². The third-order valence-electron chi connectivity index (χ3n) is 6.91. The van der Waals surface area contributed by atoms with E-state index >= 15 is 0 Å². The Morgan fingerprint density at radius 1 is 1.09 bits per heavy atom. The van der Waals surface area contributed by atoms with E-state index in [1.54, 1.807) is 29.3 Å². The summed E-state index contributed by atoms with van der Waals surface area (Å²) in [7, 11) is 0. The first kappa shape index (κ1) is 21.3. The lowest BCUT2D eigenvalue weighted by atomic mass is 9.89. The quantitative estimate of drug-likeness (QED) is 0.402. The summed E-state index contributed by atoms with van der Waals surface area (Å²) in [5, 5.41) is 13.0. The molecule has 1 aromatic carbocycles. The largest absolute Gasteiger partial charge is 0.461 e. The predicted octanol–water partition coefficient (Wildman–Crippen LogP) is 3.53. The van der Waals surface area contributed by atoms with Gasteiger partial charge in [-0.25, -0.2) is 9.67 Å². The van der Waals surface area contributed by atoms with Crippen molar-refractivity contribution < 1.29 is 9.21 Å². The number of fused-ring (bicyclic) bond motifs is 3. The van der Waals surface area contributed by atoms with Crippen LogP contribution >= 0.6 is 0 Å². The highest BCUT2D eigenvalue weighted by atomic mass is 16.3. The fourth-order valence-electron chi connectivity index (χ4n) is 4.93. The summed E-state index contributed by atoms with van der Waals surface area (Å²) in [6.07, 6.45) is 8.65. The van der Waals surface area contributed by atoms with Crippen LogP contribution in [0.1, 0.15) is 44.6 Å². The Labute approximate surface area is 201 Å². The van der Waals surface area contributed by atoms with E-state index in [0.717, 1.165) is 31.2 Å². The number of carbonyl (C=O) groups is 1. The van der Waals surface area contributed by atoms with Crippen LogP contribution in [0.15, 0.2) is 59.3 Å². The Morgan fingerprint density at radius 3 is 2.63 bits per heavy atom. The second-order valence-corrected chi connectivity index (χ2v) is 9.16. The zero-order valence-corrected chi connectivity index (χ0v) is 19.4. The van der Waals surface area contributed by atoms with E-state index in [0.29, 0.717) is 28.3 Å². The topological polar surface area (TPSA) is 129 Å². The molecule has 35 heavy (non-hydrogen) atoms. The van der Waals surface area contributed by atoms with E-state index in [1.807, 2.05) is 37.3 Å². The number of furan rings is 1. The van der Waals surface area contributed by atoms with Crippen molar-refractivity contribution in [2.45, 2.75) is 50.6 Å². The molecule has 4 heterocycles. The zero-order chi connectivity index (χ0) is 24.0. The van der Waals surface area contributed by atoms with Gasteiger partial charge in [-0.05, 0) is 37.5 Å². The fourth-order valence-corrected chi connectivity index (χ4v) is 4.93. The number of anilines is 1. The van der Waals surface area contributed by atoms with Crippen LogP contribution in [0.4, 0.5) is 5.95 Å². The highest BCUT2D eigenvalue weighted by Crippen LogP contribution is 2.32. The molecule has 1 aliphatic rings. The molecule has 1 amide bonds. The molecule has 5 aromatic rings. The number of benzene rings is 1. The molecule has 0 radical (unpaired) electrons. The molecular formula is C25H26N8O2. The Bertz CT molecular complexity index is 1500. The molecular weight excluding hydrogens is 444 g/mol. The van der Waals surface area contributed by atoms with Crippen molar-refractivity contribution in [1.82, 2.24) is 34.7 Å². The normalized spacial score (nSPS) is 16.5. The number of aromatic nitrogens is 6. The van der Waals surface area contributed by atoms with Crippen LogP contribution in [0.25, 0.3) is 28.3 Å². The van der Waals surface area contributed by atoms with Crippen molar-refractivity contribution in [3.8, 4) is 11.6 Å². The van der Waals surface area contributed by atoms with Crippen molar-refractivity contribution in [3.05, 3.63) is 60.5 Å². The first-order chi connectivity index (χ1) is 17.1. The molecule has 0 aliphatic heterocycles. The van der Waals surface area contributed by atoms with Crippen LogP contribution in [0.3, 0.4) is 0 Å². The minimum absolute atomic E-state index is 0.126. The molecule has 0 unspecified atom stereocenters. The number of carbonyl (C=O) groups excluding carboxylic acids is 1. The summed E-state index contributed by atoms with van der Waals surface area (Å²) < 4.78 is 8.56. The Hall–Kier alpha value is -4.21. The number of nitrogens with two attached hydrogens (primary N) is 1. The molecule has 10 nitrogen and oxygen atoms in total. The van der Waals surface area contributed by atoms with Gasteiger partial charge in [0.25, 0.3) is 5.91 Å². The maximum atomic E-state index is 13.9. The van der Waals surface area contributed by atoms with Gasteiger partial charge in [0.05, 0.1) is 17.8 Å². The summed E-state index contributed by atoms with van der Waals surface area (Å²) >= 11 is 0. The Balaban J connectivity index is 1.51. The molecule has 6 rings (SSSR count). The van der Waals surface area contributed by atoms with Gasteiger partial charge in [-0.1, -0.05) is 49.6 Å². The van der Waals surface area contributed by atoms with Gasteiger partial charge < -0.3 is 15.5 Å². The minimum Gasteiger partial charge on any atom is -0.461 e. The van der Waals surface area contributed by atoms with Crippen molar-refractivity contribution >= 4 is 28.5 Å². The average molecular weight is 471 g/mol. The van der Waals surface area contributed by atoms with Crippen molar-refractivity contribution in [2.24, 2.45) is 0 Å². The summed E-state index contributed by atoms with van der Waals surface area (Å²) in [4.78, 5) is 23.1. The van der Waals surface area contributed by atoms with Gasteiger partial charge in [0.2, 0.25) is 11.8 Å². The molecule has 178 valence electrons. The number of nitrogen functional groups attached to an aromatic ring is 1. The van der Waals surface area contributed by atoms with Crippen LogP contribution < -0.4 is 11.1 Å². The van der Waals surface area contributed by atoms with Crippen molar-refractivity contribution in [1.29, 1.82) is 0 Å². The molecule has 1 aliphatic carbocycles. The second-order valence-electron chi connectivity index (χ2n) is 9.16. The number of hydrogen-bond acceptors (Lipinski definition) is 7. The molecule has 0 saturated heterocycles. The molecule has 0 bridgehead atoms. The first-order valence-electron chi connectivity index (χ1n) is 11.9. The van der Waals surface area contributed by atoms with E-state index in [4.69, 9.17) is 10.2 Å². The minimum atomic E-state index is -1.15. The van der Waals surface area contributed by atoms with E-state index in [1.165, 1.54) is 10.9 Å². The smallest absolute Gasteiger partial charge is 0.252 e. The highest BCUT2D eigenvalue weighted by molar-refractivity contribution is 5.94.